The summed E-state index contributed by atoms with van der Waals surface area (Å²) in [5.41, 5.74) is 1.51. The highest BCUT2D eigenvalue weighted by molar-refractivity contribution is 7.18. The highest BCUT2D eigenvalue weighted by atomic mass is 32.1. The Bertz CT molecular complexity index is 945. The molecule has 0 saturated heterocycles. The lowest BCUT2D eigenvalue weighted by atomic mass is 10.1. The van der Waals surface area contributed by atoms with Gasteiger partial charge in [0.05, 0.1) is 23.7 Å². The largest absolute Gasteiger partial charge is 0.493 e. The summed E-state index contributed by atoms with van der Waals surface area (Å²) in [6.45, 7) is 7.70. The highest BCUT2D eigenvalue weighted by Gasteiger charge is 2.24. The van der Waals surface area contributed by atoms with Crippen molar-refractivity contribution in [2.24, 2.45) is 0 Å². The minimum Gasteiger partial charge on any atom is -0.493 e. The third kappa shape index (κ3) is 6.03. The van der Waals surface area contributed by atoms with E-state index in [2.05, 4.69) is 12.2 Å². The number of nitrogens with one attached hydrogen (secondary N) is 1. The Morgan fingerprint density at radius 1 is 1.17 bits per heavy atom. The molecule has 0 spiro atoms. The molecule has 0 fully saturated rings. The van der Waals surface area contributed by atoms with Crippen LogP contribution in [-0.4, -0.2) is 30.9 Å². The molecule has 0 atom stereocenters. The molecule has 1 aromatic heterocycles. The second-order valence-corrected chi connectivity index (χ2v) is 7.62. The van der Waals surface area contributed by atoms with Gasteiger partial charge in [0.2, 0.25) is 5.91 Å². The van der Waals surface area contributed by atoms with E-state index in [0.29, 0.717) is 27.8 Å². The molecule has 1 N–H and O–H groups in total. The maximum atomic E-state index is 12.5. The Hall–Kier alpha value is -2.93. The summed E-state index contributed by atoms with van der Waals surface area (Å²) in [7, 11) is 0. The van der Waals surface area contributed by atoms with Gasteiger partial charge in [0.25, 0.3) is 0 Å². The highest BCUT2D eigenvalue weighted by Crippen LogP contribution is 2.34. The fourth-order valence-electron chi connectivity index (χ4n) is 2.78. The molecule has 0 aliphatic heterocycles. The van der Waals surface area contributed by atoms with Gasteiger partial charge in [0.1, 0.15) is 10.8 Å². The number of rotatable bonds is 10. The first kappa shape index (κ1) is 23.3. The summed E-state index contributed by atoms with van der Waals surface area (Å²) in [5.74, 6) is -0.446. The number of anilines is 1. The fraction of sp³-hybridized carbons (Fsp3) is 0.348. The number of unbranched alkanes of at least 4 members (excludes halogenated alkanes) is 1. The second kappa shape index (κ2) is 11.3. The molecule has 6 nitrogen and oxygen atoms in total. The Morgan fingerprint density at radius 2 is 1.90 bits per heavy atom. The van der Waals surface area contributed by atoms with Crippen LogP contribution in [0.4, 0.5) is 5.00 Å². The van der Waals surface area contributed by atoms with Crippen LogP contribution < -0.4 is 10.1 Å². The summed E-state index contributed by atoms with van der Waals surface area (Å²) < 4.78 is 10.9. The van der Waals surface area contributed by atoms with E-state index in [4.69, 9.17) is 9.47 Å². The van der Waals surface area contributed by atoms with Crippen LogP contribution in [0.25, 0.3) is 6.08 Å². The molecular weight excluding hydrogens is 402 g/mol. The Balaban J connectivity index is 2.22. The van der Waals surface area contributed by atoms with Crippen molar-refractivity contribution in [2.45, 2.75) is 40.5 Å². The Kier molecular flexibility index (Phi) is 8.80. The van der Waals surface area contributed by atoms with Gasteiger partial charge in [-0.1, -0.05) is 31.5 Å². The number of hydrogen-bond donors (Lipinski definition) is 1. The predicted molar refractivity (Wildman–Crippen MR) is 120 cm³/mol. The van der Waals surface area contributed by atoms with Crippen molar-refractivity contribution >= 4 is 40.1 Å². The standard InChI is InChI=1S/C23H27NO5S/c1-5-7-14-29-18-11-9-8-10-17(18)12-13-19(26)24-22-20(23(27)28-6-2)15(3)21(30-22)16(4)25/h8-13H,5-7,14H2,1-4H3,(H,24,26). The molecule has 7 heteroatoms. The molecule has 0 bridgehead atoms. The monoisotopic (exact) mass is 429 g/mol. The van der Waals surface area contributed by atoms with Crippen molar-refractivity contribution in [3.8, 4) is 5.75 Å². The van der Waals surface area contributed by atoms with Crippen LogP contribution in [0.5, 0.6) is 5.75 Å². The SMILES string of the molecule is CCCCOc1ccccc1C=CC(=O)Nc1sc(C(C)=O)c(C)c1C(=O)OCC. The molecule has 1 aromatic carbocycles. The lowest BCUT2D eigenvalue weighted by molar-refractivity contribution is -0.111. The normalized spacial score (nSPS) is 10.8. The van der Waals surface area contributed by atoms with Gasteiger partial charge in [0.15, 0.2) is 5.78 Å². The third-order valence-electron chi connectivity index (χ3n) is 4.27. The lowest BCUT2D eigenvalue weighted by Gasteiger charge is -2.08. The maximum absolute atomic E-state index is 12.5. The first-order valence-electron chi connectivity index (χ1n) is 9.91. The smallest absolute Gasteiger partial charge is 0.341 e. The van der Waals surface area contributed by atoms with Crippen LogP contribution in [-0.2, 0) is 9.53 Å². The molecule has 1 amide bonds. The van der Waals surface area contributed by atoms with Crippen molar-refractivity contribution < 1.29 is 23.9 Å². The van der Waals surface area contributed by atoms with Crippen LogP contribution in [0.2, 0.25) is 0 Å². The molecule has 2 rings (SSSR count). The summed E-state index contributed by atoms with van der Waals surface area (Å²) in [4.78, 5) is 37.1. The maximum Gasteiger partial charge on any atom is 0.341 e. The minimum atomic E-state index is -0.562. The second-order valence-electron chi connectivity index (χ2n) is 6.60. The van der Waals surface area contributed by atoms with E-state index in [0.717, 1.165) is 29.7 Å². The summed E-state index contributed by atoms with van der Waals surface area (Å²) >= 11 is 1.07. The topological polar surface area (TPSA) is 81.7 Å². The van der Waals surface area contributed by atoms with Crippen molar-refractivity contribution in [3.05, 3.63) is 51.9 Å². The van der Waals surface area contributed by atoms with Gasteiger partial charge in [-0.2, -0.15) is 0 Å². The molecular formula is C23H27NO5S. The van der Waals surface area contributed by atoms with E-state index in [1.807, 2.05) is 24.3 Å². The average Bonchev–Trinajstić information content (AvgIpc) is 3.03. The number of benzene rings is 1. The number of hydrogen-bond acceptors (Lipinski definition) is 6. The zero-order valence-corrected chi connectivity index (χ0v) is 18.6. The van der Waals surface area contributed by atoms with Crippen LogP contribution in [0, 0.1) is 6.92 Å². The summed E-state index contributed by atoms with van der Waals surface area (Å²) in [6.07, 6.45) is 5.02. The first-order chi connectivity index (χ1) is 14.4. The van der Waals surface area contributed by atoms with E-state index >= 15 is 0 Å². The zero-order valence-electron chi connectivity index (χ0n) is 17.7. The number of thiophene rings is 1. The van der Waals surface area contributed by atoms with E-state index in [9.17, 15) is 14.4 Å². The average molecular weight is 430 g/mol. The molecule has 0 saturated carbocycles. The van der Waals surface area contributed by atoms with Gasteiger partial charge in [0, 0.05) is 11.6 Å². The fourth-order valence-corrected chi connectivity index (χ4v) is 3.87. The molecule has 0 unspecified atom stereocenters. The van der Waals surface area contributed by atoms with Crippen molar-refractivity contribution in [1.29, 1.82) is 0 Å². The molecule has 0 radical (unpaired) electrons. The van der Waals surface area contributed by atoms with Crippen molar-refractivity contribution in [3.63, 3.8) is 0 Å². The molecule has 160 valence electrons. The van der Waals surface area contributed by atoms with Crippen molar-refractivity contribution in [2.75, 3.05) is 18.5 Å². The molecule has 0 aliphatic rings. The third-order valence-corrected chi connectivity index (χ3v) is 5.58. The summed E-state index contributed by atoms with van der Waals surface area (Å²) in [6, 6.07) is 7.46. The number of ketones is 1. The number of Topliss-reactive ketones (excluding diaryl/α,β-unsaturated/α-hetero) is 1. The van der Waals surface area contributed by atoms with E-state index < -0.39 is 11.9 Å². The van der Waals surface area contributed by atoms with E-state index in [-0.39, 0.29) is 18.0 Å². The zero-order chi connectivity index (χ0) is 22.1. The van der Waals surface area contributed by atoms with E-state index in [1.54, 1.807) is 19.9 Å². The quantitative estimate of drug-likeness (QED) is 0.241. The number of para-hydroxylation sites is 1. The number of amides is 1. The molecule has 1 heterocycles. The Morgan fingerprint density at radius 3 is 2.57 bits per heavy atom. The molecule has 30 heavy (non-hydrogen) atoms. The number of ether oxygens (including phenoxy) is 2. The van der Waals surface area contributed by atoms with Gasteiger partial charge in [-0.15, -0.1) is 11.3 Å². The van der Waals surface area contributed by atoms with Crippen molar-refractivity contribution in [1.82, 2.24) is 0 Å². The number of carbonyl (C=O) groups is 3. The van der Waals surface area contributed by atoms with Crippen LogP contribution in [0.1, 0.15) is 64.8 Å². The van der Waals surface area contributed by atoms with Crippen LogP contribution >= 0.6 is 11.3 Å². The number of carbonyl (C=O) groups excluding carboxylic acids is 3. The number of esters is 1. The van der Waals surface area contributed by atoms with Gasteiger partial charge >= 0.3 is 5.97 Å². The Labute approximate surface area is 180 Å². The molecule has 0 aliphatic carbocycles. The molecule has 2 aromatic rings. The summed E-state index contributed by atoms with van der Waals surface area (Å²) in [5, 5.41) is 3.01. The van der Waals surface area contributed by atoms with Crippen LogP contribution in [0.15, 0.2) is 30.3 Å². The first-order valence-corrected chi connectivity index (χ1v) is 10.7. The van der Waals surface area contributed by atoms with Gasteiger partial charge in [-0.25, -0.2) is 4.79 Å². The minimum absolute atomic E-state index is 0.169. The predicted octanol–water partition coefficient (Wildman–Crippen LogP) is 5.27. The van der Waals surface area contributed by atoms with Gasteiger partial charge < -0.3 is 14.8 Å². The lowest BCUT2D eigenvalue weighted by Crippen LogP contribution is -2.12. The van der Waals surface area contributed by atoms with E-state index in [1.165, 1.54) is 13.0 Å². The van der Waals surface area contributed by atoms with Gasteiger partial charge in [-0.3, -0.25) is 9.59 Å². The van der Waals surface area contributed by atoms with Gasteiger partial charge in [-0.05, 0) is 44.9 Å². The van der Waals surface area contributed by atoms with Crippen LogP contribution in [0.3, 0.4) is 0 Å².